The molecule has 0 heterocycles. The van der Waals surface area contributed by atoms with Crippen LogP contribution in [-0.2, 0) is 4.79 Å². The van der Waals surface area contributed by atoms with Crippen LogP contribution in [0.15, 0.2) is 22.7 Å². The molecule has 1 atom stereocenters. The van der Waals surface area contributed by atoms with Crippen LogP contribution in [0.25, 0.3) is 0 Å². The summed E-state index contributed by atoms with van der Waals surface area (Å²) in [5.41, 5.74) is 1.20. The van der Waals surface area contributed by atoms with Crippen LogP contribution in [0, 0.1) is 6.92 Å². The predicted octanol–water partition coefficient (Wildman–Crippen LogP) is 0.933. The lowest BCUT2D eigenvalue weighted by atomic mass is 10.1. The van der Waals surface area contributed by atoms with Crippen molar-refractivity contribution >= 4 is 27.8 Å². The molecule has 0 saturated heterocycles. The van der Waals surface area contributed by atoms with Crippen LogP contribution in [0.3, 0.4) is 0 Å². The molecule has 0 spiro atoms. The maximum absolute atomic E-state index is 11.7. The Morgan fingerprint density at radius 3 is 2.71 bits per heavy atom. The number of carboxylic acids is 1. The maximum Gasteiger partial charge on any atom is 0.334 e. The Bertz CT molecular complexity index is 447. The molecule has 0 aromatic heterocycles. The van der Waals surface area contributed by atoms with E-state index in [1.807, 2.05) is 0 Å². The minimum Gasteiger partial charge on any atom is -0.479 e. The van der Waals surface area contributed by atoms with Gasteiger partial charge in [-0.15, -0.1) is 0 Å². The zero-order valence-corrected chi connectivity index (χ0v) is 10.7. The van der Waals surface area contributed by atoms with Gasteiger partial charge in [0.05, 0.1) is 6.54 Å². The van der Waals surface area contributed by atoms with E-state index in [0.717, 1.165) is 10.0 Å². The fourth-order valence-electron chi connectivity index (χ4n) is 1.23. The average Bonchev–Trinajstić information content (AvgIpc) is 2.29. The topological polar surface area (TPSA) is 86.6 Å². The van der Waals surface area contributed by atoms with Crippen molar-refractivity contribution in [3.05, 3.63) is 33.8 Å². The number of carbonyl (C=O) groups is 2. The lowest BCUT2D eigenvalue weighted by Gasteiger charge is -2.10. The van der Waals surface area contributed by atoms with Gasteiger partial charge in [0.25, 0.3) is 5.91 Å². The molecule has 0 bridgehead atoms. The summed E-state index contributed by atoms with van der Waals surface area (Å²) in [6.45, 7) is 1.45. The number of aliphatic carboxylic acids is 1. The molecule has 5 nitrogen and oxygen atoms in total. The van der Waals surface area contributed by atoms with Gasteiger partial charge in [-0.2, -0.15) is 0 Å². The quantitative estimate of drug-likeness (QED) is 0.772. The fourth-order valence-corrected chi connectivity index (χ4v) is 1.59. The number of aliphatic hydroxyl groups is 1. The fraction of sp³-hybridized carbons (Fsp3) is 0.273. The highest BCUT2D eigenvalue weighted by molar-refractivity contribution is 9.10. The van der Waals surface area contributed by atoms with E-state index in [4.69, 9.17) is 10.2 Å². The predicted molar refractivity (Wildman–Crippen MR) is 64.9 cm³/mol. The molecular formula is C11H12BrNO4. The van der Waals surface area contributed by atoms with Crippen LogP contribution >= 0.6 is 15.9 Å². The van der Waals surface area contributed by atoms with E-state index in [1.165, 1.54) is 0 Å². The molecule has 17 heavy (non-hydrogen) atoms. The number of hydrogen-bond donors (Lipinski definition) is 3. The van der Waals surface area contributed by atoms with Crippen LogP contribution < -0.4 is 5.32 Å². The highest BCUT2D eigenvalue weighted by Gasteiger charge is 2.16. The monoisotopic (exact) mass is 301 g/mol. The van der Waals surface area contributed by atoms with Crippen molar-refractivity contribution in [2.45, 2.75) is 13.0 Å². The van der Waals surface area contributed by atoms with E-state index in [9.17, 15) is 9.59 Å². The molecule has 0 saturated carbocycles. The van der Waals surface area contributed by atoms with Crippen molar-refractivity contribution in [2.75, 3.05) is 6.54 Å². The third kappa shape index (κ3) is 3.54. The van der Waals surface area contributed by atoms with E-state index in [2.05, 4.69) is 21.2 Å². The van der Waals surface area contributed by atoms with Crippen molar-refractivity contribution in [3.63, 3.8) is 0 Å². The van der Waals surface area contributed by atoms with Crippen LogP contribution in [0.5, 0.6) is 0 Å². The molecule has 0 fully saturated rings. The van der Waals surface area contributed by atoms with Crippen molar-refractivity contribution in [3.8, 4) is 0 Å². The molecule has 1 rings (SSSR count). The first-order valence-corrected chi connectivity index (χ1v) is 5.67. The zero-order valence-electron chi connectivity index (χ0n) is 9.11. The van der Waals surface area contributed by atoms with E-state index in [1.54, 1.807) is 25.1 Å². The number of benzene rings is 1. The second kappa shape index (κ2) is 5.79. The van der Waals surface area contributed by atoms with Gasteiger partial charge in [-0.05, 0) is 24.6 Å². The number of aliphatic hydroxyl groups excluding tert-OH is 1. The lowest BCUT2D eigenvalue weighted by Crippen LogP contribution is -2.36. The van der Waals surface area contributed by atoms with Gasteiger partial charge in [0, 0.05) is 10.0 Å². The van der Waals surface area contributed by atoms with Crippen molar-refractivity contribution in [1.82, 2.24) is 5.32 Å². The molecular weight excluding hydrogens is 290 g/mol. The number of carbonyl (C=O) groups excluding carboxylic acids is 1. The molecule has 92 valence electrons. The third-order valence-electron chi connectivity index (χ3n) is 2.25. The average molecular weight is 302 g/mol. The largest absolute Gasteiger partial charge is 0.479 e. The molecule has 0 aliphatic heterocycles. The smallest absolute Gasteiger partial charge is 0.334 e. The number of amides is 1. The molecule has 0 aliphatic carbocycles. The van der Waals surface area contributed by atoms with Gasteiger partial charge < -0.3 is 15.5 Å². The van der Waals surface area contributed by atoms with Gasteiger partial charge in [-0.1, -0.05) is 22.0 Å². The molecule has 6 heteroatoms. The first-order chi connectivity index (χ1) is 7.93. The van der Waals surface area contributed by atoms with Gasteiger partial charge in [0.15, 0.2) is 6.10 Å². The number of halogens is 1. The Kier molecular flexibility index (Phi) is 4.65. The highest BCUT2D eigenvalue weighted by atomic mass is 79.9. The van der Waals surface area contributed by atoms with Crippen molar-refractivity contribution in [1.29, 1.82) is 0 Å². The van der Waals surface area contributed by atoms with Crippen LogP contribution in [0.4, 0.5) is 0 Å². The summed E-state index contributed by atoms with van der Waals surface area (Å²) in [7, 11) is 0. The Morgan fingerprint density at radius 1 is 1.47 bits per heavy atom. The number of rotatable bonds is 4. The zero-order chi connectivity index (χ0) is 13.0. The number of carboxylic acid groups (broad SMARTS) is 1. The summed E-state index contributed by atoms with van der Waals surface area (Å²) in [6, 6.07) is 5.14. The van der Waals surface area contributed by atoms with Gasteiger partial charge in [-0.25, -0.2) is 4.79 Å². The van der Waals surface area contributed by atoms with Crippen LogP contribution in [-0.4, -0.2) is 34.7 Å². The normalized spacial score (nSPS) is 11.9. The third-order valence-corrected chi connectivity index (χ3v) is 3.11. The molecule has 1 aromatic carbocycles. The van der Waals surface area contributed by atoms with Gasteiger partial charge in [0.1, 0.15) is 0 Å². The van der Waals surface area contributed by atoms with E-state index < -0.39 is 18.0 Å². The summed E-state index contributed by atoms with van der Waals surface area (Å²) in [5.74, 6) is -1.78. The molecule has 1 amide bonds. The Hall–Kier alpha value is -1.40. The summed E-state index contributed by atoms with van der Waals surface area (Å²) in [4.78, 5) is 22.1. The Labute approximate surface area is 107 Å². The maximum atomic E-state index is 11.7. The summed E-state index contributed by atoms with van der Waals surface area (Å²) < 4.78 is 0.795. The van der Waals surface area contributed by atoms with Gasteiger partial charge in [-0.3, -0.25) is 4.79 Å². The van der Waals surface area contributed by atoms with Crippen LogP contribution in [0.1, 0.15) is 15.9 Å². The molecule has 0 radical (unpaired) electrons. The number of nitrogens with one attached hydrogen (secondary N) is 1. The van der Waals surface area contributed by atoms with E-state index in [-0.39, 0.29) is 6.54 Å². The minimum atomic E-state index is -1.59. The van der Waals surface area contributed by atoms with E-state index >= 15 is 0 Å². The minimum absolute atomic E-state index is 0.319. The highest BCUT2D eigenvalue weighted by Crippen LogP contribution is 2.19. The second-order valence-corrected chi connectivity index (χ2v) is 4.33. The lowest BCUT2D eigenvalue weighted by molar-refractivity contribution is -0.146. The number of hydrogen-bond acceptors (Lipinski definition) is 3. The molecule has 0 unspecified atom stereocenters. The van der Waals surface area contributed by atoms with Crippen molar-refractivity contribution < 1.29 is 19.8 Å². The van der Waals surface area contributed by atoms with Crippen molar-refractivity contribution in [2.24, 2.45) is 0 Å². The SMILES string of the molecule is Cc1c(Br)cccc1C(=O)NC[C@H](O)C(=O)O. The van der Waals surface area contributed by atoms with E-state index in [0.29, 0.717) is 5.56 Å². The molecule has 1 aromatic rings. The summed E-state index contributed by atoms with van der Waals surface area (Å²) >= 11 is 3.29. The summed E-state index contributed by atoms with van der Waals surface area (Å²) in [6.07, 6.45) is -1.59. The first-order valence-electron chi connectivity index (χ1n) is 4.87. The summed E-state index contributed by atoms with van der Waals surface area (Å²) in [5, 5.41) is 19.8. The Balaban J connectivity index is 2.71. The second-order valence-electron chi connectivity index (χ2n) is 3.48. The van der Waals surface area contributed by atoms with Gasteiger partial charge >= 0.3 is 5.97 Å². The van der Waals surface area contributed by atoms with Gasteiger partial charge in [0.2, 0.25) is 0 Å². The standard InChI is InChI=1S/C11H12BrNO4/c1-6-7(3-2-4-8(6)12)10(15)13-5-9(14)11(16)17/h2-4,9,14H,5H2,1H3,(H,13,15)(H,16,17)/t9-/m0/s1. The Morgan fingerprint density at radius 2 is 2.12 bits per heavy atom. The molecule has 0 aliphatic rings. The molecule has 3 N–H and O–H groups in total. The first kappa shape index (κ1) is 13.7. The van der Waals surface area contributed by atoms with Crippen LogP contribution in [0.2, 0.25) is 0 Å².